The lowest BCUT2D eigenvalue weighted by Gasteiger charge is -2.10. The summed E-state index contributed by atoms with van der Waals surface area (Å²) in [5.74, 6) is -2.57. The number of aromatic nitrogens is 2. The summed E-state index contributed by atoms with van der Waals surface area (Å²) in [7, 11) is 3.25. The van der Waals surface area contributed by atoms with Crippen molar-refractivity contribution >= 4 is 46.6 Å². The minimum Gasteiger partial charge on any atom is -0.506 e. The monoisotopic (exact) mass is 637 g/mol. The Morgan fingerprint density at radius 1 is 0.659 bits per heavy atom. The maximum absolute atomic E-state index is 12.1. The number of nitrogens with zero attached hydrogens (tertiary/aromatic N) is 3. The fourth-order valence-corrected chi connectivity index (χ4v) is 4.27. The van der Waals surface area contributed by atoms with Crippen LogP contribution in [0.25, 0.3) is 22.3 Å². The minimum atomic E-state index is -1.07. The van der Waals surface area contributed by atoms with E-state index in [-0.39, 0.29) is 60.3 Å². The predicted octanol–water partition coefficient (Wildman–Crippen LogP) is 6.31. The summed E-state index contributed by atoms with van der Waals surface area (Å²) < 4.78 is 0. The molecule has 0 bridgehead atoms. The lowest BCUT2D eigenvalue weighted by Crippen LogP contribution is -2.22. The number of halogens is 2. The number of benzene rings is 2. The highest BCUT2D eigenvalue weighted by atomic mass is 35.5. The van der Waals surface area contributed by atoms with Crippen LogP contribution in [0.2, 0.25) is 10.0 Å². The summed E-state index contributed by atoms with van der Waals surface area (Å²) in [5.41, 5.74) is 2.68. The van der Waals surface area contributed by atoms with Crippen molar-refractivity contribution in [3.63, 3.8) is 0 Å². The molecule has 3 N–H and O–H groups in total. The predicted molar refractivity (Wildman–Crippen MR) is 166 cm³/mol. The van der Waals surface area contributed by atoms with Crippen LogP contribution in [-0.4, -0.2) is 67.7 Å². The average Bonchev–Trinajstić information content (AvgIpc) is 2.98. The molecule has 44 heavy (non-hydrogen) atoms. The maximum Gasteiger partial charge on any atom is 0.303 e. The largest absolute Gasteiger partial charge is 0.506 e. The molecule has 12 heteroatoms. The van der Waals surface area contributed by atoms with Crippen molar-refractivity contribution in [1.82, 2.24) is 14.9 Å². The number of hydrogen-bond acceptors (Lipinski definition) is 8. The van der Waals surface area contributed by atoms with Gasteiger partial charge in [-0.1, -0.05) is 47.5 Å². The number of rotatable bonds is 10. The van der Waals surface area contributed by atoms with Gasteiger partial charge in [-0.05, 0) is 47.5 Å². The lowest BCUT2D eigenvalue weighted by molar-refractivity contribution is -0.137. The molecular weight excluding hydrogens is 609 g/mol. The van der Waals surface area contributed by atoms with Crippen molar-refractivity contribution in [2.75, 3.05) is 14.1 Å². The highest BCUT2D eigenvalue weighted by Crippen LogP contribution is 2.28. The summed E-state index contributed by atoms with van der Waals surface area (Å²) in [6, 6.07) is 17.0. The van der Waals surface area contributed by atoms with E-state index >= 15 is 0 Å². The Kier molecular flexibility index (Phi) is 12.0. The normalized spacial score (nSPS) is 10.4. The summed E-state index contributed by atoms with van der Waals surface area (Å²) in [6.45, 7) is 0. The SMILES string of the molecule is CN(C)C(=O)CCC(=O)c1ncc(-c2cccc(Cl)c2)cc1O.O=C(O)CCC(=O)c1ncc(-c2cccc(Cl)c2)cc1O. The highest BCUT2D eigenvalue weighted by Gasteiger charge is 2.17. The molecule has 0 unspecified atom stereocenters. The Hall–Kier alpha value is -4.80. The lowest BCUT2D eigenvalue weighted by atomic mass is 10.1. The van der Waals surface area contributed by atoms with Gasteiger partial charge in [-0.15, -0.1) is 0 Å². The van der Waals surface area contributed by atoms with Crippen molar-refractivity contribution in [1.29, 1.82) is 0 Å². The average molecular weight is 639 g/mol. The number of carboxylic acid groups (broad SMARTS) is 1. The number of Topliss-reactive ketones (excluding diaryl/α,β-unsaturated/α-hetero) is 2. The van der Waals surface area contributed by atoms with E-state index in [9.17, 15) is 29.4 Å². The van der Waals surface area contributed by atoms with Crippen LogP contribution in [0.15, 0.2) is 73.1 Å². The molecule has 4 aromatic rings. The van der Waals surface area contributed by atoms with E-state index in [4.69, 9.17) is 28.3 Å². The molecule has 4 rings (SSSR count). The molecule has 0 radical (unpaired) electrons. The number of aliphatic carboxylic acids is 1. The minimum absolute atomic E-state index is 0.00802. The standard InChI is InChI=1S/C17H17ClN2O3.C15H12ClNO4/c1-20(2)16(23)7-6-14(21)17-15(22)9-12(10-19-17)11-4-3-5-13(18)8-11;16-11-3-1-2-9(6-11)10-7-13(19)15(17-8-10)12(18)4-5-14(20)21/h3-5,8-10,22H,6-7H2,1-2H3;1-3,6-8,19H,4-5H2,(H,20,21). The van der Waals surface area contributed by atoms with Crippen LogP contribution in [0.5, 0.6) is 11.5 Å². The topological polar surface area (TPSA) is 158 Å². The zero-order valence-corrected chi connectivity index (χ0v) is 25.3. The second-order valence-electron chi connectivity index (χ2n) is 9.73. The highest BCUT2D eigenvalue weighted by molar-refractivity contribution is 6.31. The summed E-state index contributed by atoms with van der Waals surface area (Å²) in [5, 5.41) is 29.6. The van der Waals surface area contributed by atoms with Crippen LogP contribution >= 0.6 is 23.2 Å². The van der Waals surface area contributed by atoms with E-state index in [1.807, 2.05) is 6.07 Å². The van der Waals surface area contributed by atoms with Gasteiger partial charge < -0.3 is 20.2 Å². The van der Waals surface area contributed by atoms with Crippen LogP contribution in [0.3, 0.4) is 0 Å². The second-order valence-corrected chi connectivity index (χ2v) is 10.6. The van der Waals surface area contributed by atoms with Gasteiger partial charge in [0.15, 0.2) is 11.6 Å². The molecule has 0 fully saturated rings. The zero-order valence-electron chi connectivity index (χ0n) is 23.8. The van der Waals surface area contributed by atoms with Gasteiger partial charge in [-0.25, -0.2) is 9.97 Å². The first-order chi connectivity index (χ1) is 20.8. The summed E-state index contributed by atoms with van der Waals surface area (Å²) in [4.78, 5) is 55.2. The number of amides is 1. The molecule has 0 atom stereocenters. The number of carboxylic acids is 1. The van der Waals surface area contributed by atoms with Gasteiger partial charge in [0.05, 0.1) is 6.42 Å². The fourth-order valence-electron chi connectivity index (χ4n) is 3.89. The van der Waals surface area contributed by atoms with E-state index in [1.165, 1.54) is 29.4 Å². The van der Waals surface area contributed by atoms with E-state index < -0.39 is 11.8 Å². The van der Waals surface area contributed by atoms with Gasteiger partial charge in [0.25, 0.3) is 0 Å². The van der Waals surface area contributed by atoms with Gasteiger partial charge in [0, 0.05) is 66.9 Å². The number of hydrogen-bond donors (Lipinski definition) is 3. The molecule has 228 valence electrons. The van der Waals surface area contributed by atoms with Crippen molar-refractivity contribution < 1.29 is 34.5 Å². The number of carbonyl (C=O) groups is 4. The molecule has 0 aliphatic heterocycles. The molecule has 1 amide bonds. The molecule has 10 nitrogen and oxygen atoms in total. The van der Waals surface area contributed by atoms with E-state index in [1.54, 1.807) is 56.6 Å². The number of carbonyl (C=O) groups excluding carboxylic acids is 3. The van der Waals surface area contributed by atoms with E-state index in [0.29, 0.717) is 21.2 Å². The maximum atomic E-state index is 12.1. The first-order valence-corrected chi connectivity index (χ1v) is 14.0. The van der Waals surface area contributed by atoms with Crippen molar-refractivity contribution in [2.45, 2.75) is 25.7 Å². The van der Waals surface area contributed by atoms with Gasteiger partial charge in [0.2, 0.25) is 5.91 Å². The number of ketones is 2. The van der Waals surface area contributed by atoms with E-state index in [0.717, 1.165) is 11.1 Å². The first-order valence-electron chi connectivity index (χ1n) is 13.2. The van der Waals surface area contributed by atoms with Crippen LogP contribution in [-0.2, 0) is 9.59 Å². The Morgan fingerprint density at radius 3 is 1.45 bits per heavy atom. The summed E-state index contributed by atoms with van der Waals surface area (Å²) in [6.07, 6.45) is 2.55. The first kappa shape index (κ1) is 33.7. The molecular formula is C32H29Cl2N3O7. The smallest absolute Gasteiger partial charge is 0.303 e. The Morgan fingerprint density at radius 2 is 1.09 bits per heavy atom. The van der Waals surface area contributed by atoms with Crippen molar-refractivity contribution in [3.05, 3.63) is 94.5 Å². The third-order valence-electron chi connectivity index (χ3n) is 6.21. The summed E-state index contributed by atoms with van der Waals surface area (Å²) >= 11 is 11.8. The third-order valence-corrected chi connectivity index (χ3v) is 6.68. The molecule has 0 aliphatic carbocycles. The molecule has 2 aromatic carbocycles. The Balaban J connectivity index is 0.000000241. The van der Waals surface area contributed by atoms with Gasteiger partial charge in [0.1, 0.15) is 22.9 Å². The van der Waals surface area contributed by atoms with Crippen LogP contribution in [0, 0.1) is 0 Å². The number of pyridine rings is 2. The Labute approximate surface area is 263 Å². The molecule has 0 saturated carbocycles. The van der Waals surface area contributed by atoms with Gasteiger partial charge >= 0.3 is 5.97 Å². The molecule has 2 aromatic heterocycles. The van der Waals surface area contributed by atoms with Crippen molar-refractivity contribution in [3.8, 4) is 33.8 Å². The quantitative estimate of drug-likeness (QED) is 0.169. The van der Waals surface area contributed by atoms with Crippen LogP contribution in [0.1, 0.15) is 46.7 Å². The van der Waals surface area contributed by atoms with Crippen molar-refractivity contribution in [2.24, 2.45) is 0 Å². The molecule has 0 saturated heterocycles. The van der Waals surface area contributed by atoms with Gasteiger partial charge in [-0.2, -0.15) is 0 Å². The molecule has 0 aliphatic rings. The second kappa shape index (κ2) is 15.6. The van der Waals surface area contributed by atoms with E-state index in [2.05, 4.69) is 9.97 Å². The third kappa shape index (κ3) is 9.62. The van der Waals surface area contributed by atoms with Gasteiger partial charge in [-0.3, -0.25) is 19.2 Å². The fraction of sp³-hybridized carbons (Fsp3) is 0.188. The number of aromatic hydroxyl groups is 2. The van der Waals surface area contributed by atoms with Crippen LogP contribution in [0.4, 0.5) is 0 Å². The zero-order chi connectivity index (χ0) is 32.4. The molecule has 0 spiro atoms. The Bertz CT molecular complexity index is 1690. The van der Waals surface area contributed by atoms with Crippen LogP contribution < -0.4 is 0 Å². The molecule has 2 heterocycles.